The first-order valence-corrected chi connectivity index (χ1v) is 14.5. The molecule has 10 heteroatoms. The molecule has 0 radical (unpaired) electrons. The molecule has 0 fully saturated rings. The van der Waals surface area contributed by atoms with Crippen molar-refractivity contribution < 1.29 is 27.6 Å². The second-order valence-corrected chi connectivity index (χ2v) is 12.3. The Morgan fingerprint density at radius 1 is 1.27 bits per heavy atom. The maximum atomic E-state index is 11.8. The summed E-state index contributed by atoms with van der Waals surface area (Å²) in [6, 6.07) is 7.86. The summed E-state index contributed by atoms with van der Waals surface area (Å²) in [5.74, 6) is -0.610. The Balaban J connectivity index is 1.67. The van der Waals surface area contributed by atoms with Crippen LogP contribution in [0.5, 0.6) is 11.5 Å². The van der Waals surface area contributed by atoms with Gasteiger partial charge in [0.05, 0.1) is 22.6 Å². The Kier molecular flexibility index (Phi) is 6.52. The SMILES string of the molecule is CCN1CCCc2cc3c(cc21)Oc1cc2c(cc1=N3)C(CS(=O)(=O)[O-])CC(C)(C)[N+]=2CCCC(=O)O. The Hall–Kier alpha value is -2.98. The predicted octanol–water partition coefficient (Wildman–Crippen LogP) is 2.68. The molecule has 0 saturated carbocycles. The van der Waals surface area contributed by atoms with Crippen LogP contribution in [0.3, 0.4) is 0 Å². The molecule has 0 bridgehead atoms. The number of nitrogens with zero attached hydrogens (tertiary/aromatic N) is 3. The molecule has 0 amide bonds. The number of hydrogen-bond acceptors (Lipinski definition) is 7. The summed E-state index contributed by atoms with van der Waals surface area (Å²) < 4.78 is 43.9. The fourth-order valence-corrected chi connectivity index (χ4v) is 6.87. The molecular formula is C27H33N3O6S. The van der Waals surface area contributed by atoms with Crippen LogP contribution in [0, 0.1) is 0 Å². The van der Waals surface area contributed by atoms with Gasteiger partial charge in [0, 0.05) is 54.9 Å². The van der Waals surface area contributed by atoms with Crippen LogP contribution in [0.1, 0.15) is 63.5 Å². The van der Waals surface area contributed by atoms with E-state index in [1.807, 2.05) is 26.0 Å². The number of aryl methyl sites for hydroxylation is 1. The van der Waals surface area contributed by atoms with Crippen LogP contribution >= 0.6 is 0 Å². The van der Waals surface area contributed by atoms with Gasteiger partial charge in [-0.2, -0.15) is 0 Å². The van der Waals surface area contributed by atoms with Crippen LogP contribution in [0.25, 0.3) is 0 Å². The summed E-state index contributed by atoms with van der Waals surface area (Å²) in [5.41, 5.74) is 3.40. The van der Waals surface area contributed by atoms with Crippen molar-refractivity contribution in [2.75, 3.05) is 30.3 Å². The zero-order valence-corrected chi connectivity index (χ0v) is 22.3. The van der Waals surface area contributed by atoms with Crippen molar-refractivity contribution in [1.29, 1.82) is 0 Å². The van der Waals surface area contributed by atoms with Gasteiger partial charge in [-0.15, -0.1) is 0 Å². The van der Waals surface area contributed by atoms with Crippen molar-refractivity contribution in [2.45, 2.75) is 64.3 Å². The van der Waals surface area contributed by atoms with E-state index in [-0.39, 0.29) is 6.42 Å². The van der Waals surface area contributed by atoms with Crippen LogP contribution in [-0.2, 0) is 21.3 Å². The van der Waals surface area contributed by atoms with Gasteiger partial charge in [0.1, 0.15) is 17.6 Å². The van der Waals surface area contributed by atoms with Crippen LogP contribution in [0.15, 0.2) is 29.3 Å². The highest BCUT2D eigenvalue weighted by molar-refractivity contribution is 7.85. The molecule has 2 aromatic carbocycles. The number of benzene rings is 2. The van der Waals surface area contributed by atoms with E-state index in [1.54, 1.807) is 0 Å². The molecular weight excluding hydrogens is 494 g/mol. The molecule has 1 N–H and O–H groups in total. The van der Waals surface area contributed by atoms with E-state index < -0.39 is 33.3 Å². The van der Waals surface area contributed by atoms with E-state index in [1.165, 1.54) is 11.3 Å². The standard InChI is InChI=1S/C27H33N3O6S/c1-4-29-9-5-7-17-11-20-24(13-22(17)29)36-25-14-23-19(12-21(25)28-20)18(16-37(33,34)35)15-27(2,3)30(23)10-6-8-26(31)32/h11-14,18H,4-10,15-16H2,1-3H3,(H-,31,32,33,34,35). The van der Waals surface area contributed by atoms with E-state index >= 15 is 0 Å². The highest BCUT2D eigenvalue weighted by Crippen LogP contribution is 2.41. The molecule has 0 aliphatic carbocycles. The Morgan fingerprint density at radius 2 is 2.05 bits per heavy atom. The van der Waals surface area contributed by atoms with Crippen molar-refractivity contribution >= 4 is 27.5 Å². The number of carbonyl (C=O) groups is 1. The van der Waals surface area contributed by atoms with Crippen LogP contribution in [0.2, 0.25) is 0 Å². The van der Waals surface area contributed by atoms with Gasteiger partial charge in [-0.05, 0) is 51.3 Å². The number of carboxylic acid groups (broad SMARTS) is 1. The zero-order chi connectivity index (χ0) is 26.5. The third-order valence-electron chi connectivity index (χ3n) is 7.71. The van der Waals surface area contributed by atoms with Gasteiger partial charge in [0.2, 0.25) is 5.36 Å². The highest BCUT2D eigenvalue weighted by Gasteiger charge is 2.41. The second kappa shape index (κ2) is 9.40. The summed E-state index contributed by atoms with van der Waals surface area (Å²) in [7, 11) is -4.46. The van der Waals surface area contributed by atoms with Crippen molar-refractivity contribution in [3.05, 3.63) is 46.1 Å². The largest absolute Gasteiger partial charge is 0.748 e. The lowest BCUT2D eigenvalue weighted by molar-refractivity contribution is -0.137. The summed E-state index contributed by atoms with van der Waals surface area (Å²) in [6.07, 6.45) is 2.99. The topological polar surface area (TPSA) is 122 Å². The molecule has 3 heterocycles. The molecule has 37 heavy (non-hydrogen) atoms. The lowest BCUT2D eigenvalue weighted by Gasteiger charge is -2.33. The Morgan fingerprint density at radius 3 is 2.76 bits per heavy atom. The van der Waals surface area contributed by atoms with E-state index in [0.29, 0.717) is 36.2 Å². The summed E-state index contributed by atoms with van der Waals surface area (Å²) in [4.78, 5) is 18.4. The van der Waals surface area contributed by atoms with Crippen molar-refractivity contribution in [2.24, 2.45) is 4.99 Å². The lowest BCUT2D eigenvalue weighted by Crippen LogP contribution is -2.54. The van der Waals surface area contributed by atoms with Gasteiger partial charge in [-0.25, -0.2) is 18.0 Å². The smallest absolute Gasteiger partial charge is 0.303 e. The van der Waals surface area contributed by atoms with Gasteiger partial charge in [0.15, 0.2) is 17.0 Å². The van der Waals surface area contributed by atoms with Gasteiger partial charge < -0.3 is 19.3 Å². The first-order chi connectivity index (χ1) is 17.4. The second-order valence-electron chi connectivity index (χ2n) is 10.8. The predicted molar refractivity (Wildman–Crippen MR) is 139 cm³/mol. The maximum absolute atomic E-state index is 11.8. The number of rotatable bonds is 7. The fraction of sp³-hybridized carbons (Fsp3) is 0.519. The molecule has 0 saturated heterocycles. The summed E-state index contributed by atoms with van der Waals surface area (Å²) >= 11 is 0. The Bertz CT molecular complexity index is 1500. The average Bonchev–Trinajstić information content (AvgIpc) is 2.80. The quantitative estimate of drug-likeness (QED) is 0.370. The van der Waals surface area contributed by atoms with Crippen LogP contribution in [-0.4, -0.2) is 55.0 Å². The van der Waals surface area contributed by atoms with Crippen molar-refractivity contribution in [3.63, 3.8) is 0 Å². The number of hydrogen-bond donors (Lipinski definition) is 1. The molecule has 9 nitrogen and oxygen atoms in total. The molecule has 2 aromatic rings. The van der Waals surface area contributed by atoms with E-state index in [9.17, 15) is 17.8 Å². The van der Waals surface area contributed by atoms with Crippen LogP contribution < -0.4 is 24.9 Å². The molecule has 1 unspecified atom stereocenters. The number of anilines is 1. The third-order valence-corrected chi connectivity index (χ3v) is 8.52. The molecule has 0 spiro atoms. The minimum absolute atomic E-state index is 0.0312. The lowest BCUT2D eigenvalue weighted by atomic mass is 9.82. The molecule has 5 rings (SSSR count). The third kappa shape index (κ3) is 5.09. The van der Waals surface area contributed by atoms with Gasteiger partial charge in [-0.1, -0.05) is 0 Å². The summed E-state index contributed by atoms with van der Waals surface area (Å²) in [5, 5.41) is 10.5. The zero-order valence-electron chi connectivity index (χ0n) is 21.5. The van der Waals surface area contributed by atoms with Gasteiger partial charge in [-0.3, -0.25) is 4.79 Å². The van der Waals surface area contributed by atoms with E-state index in [4.69, 9.17) is 14.8 Å². The van der Waals surface area contributed by atoms with Crippen molar-refractivity contribution in [3.8, 4) is 11.5 Å². The minimum atomic E-state index is -4.46. The number of aliphatic carboxylic acids is 1. The molecule has 198 valence electrons. The van der Waals surface area contributed by atoms with Crippen LogP contribution in [0.4, 0.5) is 11.4 Å². The summed E-state index contributed by atoms with van der Waals surface area (Å²) in [6.45, 7) is 8.53. The first kappa shape index (κ1) is 25.7. The van der Waals surface area contributed by atoms with Crippen molar-refractivity contribution in [1.82, 2.24) is 4.58 Å². The first-order valence-electron chi connectivity index (χ1n) is 12.9. The highest BCUT2D eigenvalue weighted by atomic mass is 32.2. The maximum Gasteiger partial charge on any atom is 0.303 e. The minimum Gasteiger partial charge on any atom is -0.748 e. The van der Waals surface area contributed by atoms with E-state index in [2.05, 4.69) is 28.5 Å². The monoisotopic (exact) mass is 527 g/mol. The number of carboxylic acids is 1. The number of ether oxygens (including phenoxy) is 1. The fourth-order valence-electron chi connectivity index (χ4n) is 6.08. The van der Waals surface area contributed by atoms with Gasteiger partial charge in [0.25, 0.3) is 0 Å². The molecule has 1 atom stereocenters. The van der Waals surface area contributed by atoms with Gasteiger partial charge >= 0.3 is 5.97 Å². The normalized spacial score (nSPS) is 19.6. The molecule has 0 aromatic heterocycles. The molecule has 3 aliphatic heterocycles. The average molecular weight is 528 g/mol. The Labute approximate surface area is 216 Å². The van der Waals surface area contributed by atoms with E-state index in [0.717, 1.165) is 42.5 Å². The molecule has 3 aliphatic rings. The number of fused-ring (bicyclic) bond motifs is 4.